The summed E-state index contributed by atoms with van der Waals surface area (Å²) in [4.78, 5) is 37.8. The summed E-state index contributed by atoms with van der Waals surface area (Å²) in [5.74, 6) is -1.79. The molecule has 50 heavy (non-hydrogen) atoms. The third-order valence-corrected chi connectivity index (χ3v) is 11.8. The predicted molar refractivity (Wildman–Crippen MR) is 196 cm³/mol. The summed E-state index contributed by atoms with van der Waals surface area (Å²) in [7, 11) is 1.37. The number of aromatic amines is 3. The van der Waals surface area contributed by atoms with E-state index in [1.807, 2.05) is 19.9 Å². The minimum Gasteiger partial charge on any atom is -0.468 e. The van der Waals surface area contributed by atoms with E-state index >= 15 is 0 Å². The second kappa shape index (κ2) is 14.2. The van der Waals surface area contributed by atoms with Crippen LogP contribution >= 0.6 is 0 Å². The highest BCUT2D eigenvalue weighted by Crippen LogP contribution is 2.52. The van der Waals surface area contributed by atoms with Crippen molar-refractivity contribution >= 4 is 23.6 Å². The average molecular weight is 683 g/mol. The summed E-state index contributed by atoms with van der Waals surface area (Å²) >= 11 is 0. The minimum atomic E-state index is -1.07. The smallest absolute Gasteiger partial charge is 0.316 e. The van der Waals surface area contributed by atoms with Crippen molar-refractivity contribution in [3.05, 3.63) is 90.6 Å². The van der Waals surface area contributed by atoms with Crippen LogP contribution in [-0.2, 0) is 44.7 Å². The molecule has 0 radical (unpaired) electrons. The lowest BCUT2D eigenvalue weighted by atomic mass is 9.84. The molecule has 4 atom stereocenters. The summed E-state index contributed by atoms with van der Waals surface area (Å²) < 4.78 is 10.9. The number of carbonyl (C=O) groups excluding carboxylic acids is 2. The predicted octanol–water partition coefficient (Wildman–Crippen LogP) is 7.34. The average Bonchev–Trinajstić information content (AvgIpc) is 3.84. The lowest BCUT2D eigenvalue weighted by Crippen LogP contribution is -2.24. The lowest BCUT2D eigenvalue weighted by Gasteiger charge is -2.21. The van der Waals surface area contributed by atoms with Crippen molar-refractivity contribution in [1.29, 1.82) is 0 Å². The molecule has 268 valence electrons. The number of hydrogen-bond acceptors (Lipinski definition) is 6. The third-order valence-electron chi connectivity index (χ3n) is 11.8. The van der Waals surface area contributed by atoms with Crippen molar-refractivity contribution in [2.45, 2.75) is 106 Å². The van der Waals surface area contributed by atoms with Crippen LogP contribution in [-0.4, -0.2) is 45.7 Å². The molecule has 2 aliphatic heterocycles. The molecule has 1 fully saturated rings. The Morgan fingerprint density at radius 2 is 1.60 bits per heavy atom. The van der Waals surface area contributed by atoms with Crippen LogP contribution < -0.4 is 5.32 Å². The molecule has 0 aromatic carbocycles. The van der Waals surface area contributed by atoms with Crippen LogP contribution in [0.25, 0.3) is 11.6 Å². The highest BCUT2D eigenvalue weighted by Gasteiger charge is 2.48. The van der Waals surface area contributed by atoms with E-state index in [-0.39, 0.29) is 30.8 Å². The van der Waals surface area contributed by atoms with Crippen LogP contribution in [0.1, 0.15) is 128 Å². The standard InChI is InChI=1S/C41H54N4O5/c1-10-20(4)15-16-50-34(46)14-13-27-23(7)30-17-28-21(5)25(11-2)32(42-28)18-29-22(6)26(12-3)33(43-29)19-31-24(8)35-39(45-31)36(38(27)44-30)37(40(35)47)41(48)49-9/h15,17,23,27,37,40,42-45,47H,10-14,16,18-19H2,1-9H3/b20-15+,30-17-,38-36-/t23-,27-,37+,40-/m0/s1. The molecular weight excluding hydrogens is 628 g/mol. The topological polar surface area (TPSA) is 132 Å². The molecule has 3 aromatic heterocycles. The summed E-state index contributed by atoms with van der Waals surface area (Å²) in [5, 5.41) is 15.7. The molecule has 0 unspecified atom stereocenters. The fourth-order valence-electron chi connectivity index (χ4n) is 8.57. The zero-order valence-corrected chi connectivity index (χ0v) is 31.2. The minimum absolute atomic E-state index is 0.00522. The van der Waals surface area contributed by atoms with Crippen LogP contribution in [0.2, 0.25) is 0 Å². The van der Waals surface area contributed by atoms with Crippen molar-refractivity contribution in [3.8, 4) is 0 Å². The van der Waals surface area contributed by atoms with E-state index in [0.29, 0.717) is 18.4 Å². The second-order valence-corrected chi connectivity index (χ2v) is 14.4. The number of fused-ring (bicyclic) bond motifs is 7. The Labute approximate surface area is 296 Å². The van der Waals surface area contributed by atoms with E-state index in [9.17, 15) is 14.7 Å². The maximum Gasteiger partial charge on any atom is 0.316 e. The van der Waals surface area contributed by atoms with E-state index in [0.717, 1.165) is 65.3 Å². The van der Waals surface area contributed by atoms with Gasteiger partial charge in [-0.1, -0.05) is 33.3 Å². The van der Waals surface area contributed by atoms with Crippen molar-refractivity contribution in [1.82, 2.24) is 20.3 Å². The van der Waals surface area contributed by atoms with Crippen LogP contribution in [0.5, 0.6) is 0 Å². The molecule has 0 amide bonds. The monoisotopic (exact) mass is 682 g/mol. The number of hydrogen-bond donors (Lipinski definition) is 5. The number of ether oxygens (including phenoxy) is 2. The fraction of sp³-hybridized carbons (Fsp3) is 0.512. The third kappa shape index (κ3) is 6.08. The first-order valence-electron chi connectivity index (χ1n) is 18.3. The Hall–Kier alpha value is -4.24. The zero-order chi connectivity index (χ0) is 36.0. The molecule has 1 aliphatic carbocycles. The fourth-order valence-corrected chi connectivity index (χ4v) is 8.57. The quantitative estimate of drug-likeness (QED) is 0.119. The van der Waals surface area contributed by atoms with Gasteiger partial charge in [-0.15, -0.1) is 0 Å². The highest BCUT2D eigenvalue weighted by molar-refractivity contribution is 5.94. The van der Waals surface area contributed by atoms with E-state index < -0.39 is 18.0 Å². The van der Waals surface area contributed by atoms with Gasteiger partial charge in [-0.25, -0.2) is 0 Å². The molecule has 8 bridgehead atoms. The Morgan fingerprint density at radius 1 is 0.940 bits per heavy atom. The maximum atomic E-state index is 13.5. The van der Waals surface area contributed by atoms with Gasteiger partial charge in [0.05, 0.1) is 18.9 Å². The van der Waals surface area contributed by atoms with Gasteiger partial charge in [0.25, 0.3) is 0 Å². The van der Waals surface area contributed by atoms with Crippen LogP contribution in [0.15, 0.2) is 23.0 Å². The number of H-pyrrole nitrogens is 3. The van der Waals surface area contributed by atoms with E-state index in [2.05, 4.69) is 67.9 Å². The van der Waals surface area contributed by atoms with Crippen molar-refractivity contribution < 1.29 is 24.2 Å². The Kier molecular flexibility index (Phi) is 10.1. The van der Waals surface area contributed by atoms with Gasteiger partial charge >= 0.3 is 11.9 Å². The van der Waals surface area contributed by atoms with E-state index in [1.54, 1.807) is 0 Å². The van der Waals surface area contributed by atoms with Gasteiger partial charge in [0, 0.05) is 82.1 Å². The van der Waals surface area contributed by atoms with Crippen LogP contribution in [0.4, 0.5) is 0 Å². The molecule has 3 aromatic rings. The number of aromatic nitrogens is 3. The number of esters is 2. The molecule has 6 rings (SSSR count). The first-order chi connectivity index (χ1) is 23.9. The van der Waals surface area contributed by atoms with Gasteiger partial charge < -0.3 is 34.8 Å². The summed E-state index contributed by atoms with van der Waals surface area (Å²) in [6.07, 6.45) is 7.98. The van der Waals surface area contributed by atoms with Gasteiger partial charge in [-0.3, -0.25) is 9.59 Å². The number of nitrogens with one attached hydrogen (secondary N) is 4. The molecule has 9 heteroatoms. The van der Waals surface area contributed by atoms with Gasteiger partial charge in [-0.05, 0) is 93.3 Å². The van der Waals surface area contributed by atoms with Gasteiger partial charge in [0.15, 0.2) is 0 Å². The second-order valence-electron chi connectivity index (χ2n) is 14.4. The Bertz CT molecular complexity index is 1910. The van der Waals surface area contributed by atoms with Gasteiger partial charge in [0.2, 0.25) is 0 Å². The van der Waals surface area contributed by atoms with E-state index in [1.165, 1.54) is 52.0 Å². The molecule has 9 nitrogen and oxygen atoms in total. The molecule has 5 N–H and O–H groups in total. The first kappa shape index (κ1) is 35.6. The van der Waals surface area contributed by atoms with Crippen molar-refractivity contribution in [3.63, 3.8) is 0 Å². The number of allylic oxidation sites excluding steroid dienone is 3. The van der Waals surface area contributed by atoms with Gasteiger partial charge in [-0.2, -0.15) is 0 Å². The first-order valence-corrected chi connectivity index (χ1v) is 18.3. The maximum absolute atomic E-state index is 13.5. The zero-order valence-electron chi connectivity index (χ0n) is 31.2. The van der Waals surface area contributed by atoms with Crippen molar-refractivity contribution in [2.24, 2.45) is 17.8 Å². The molecule has 0 spiro atoms. The SMILES string of the molecule is CC/C(C)=C/COC(=O)CC[C@@H]1/C2=C3/c4[nH]c(c(C)c4[C@H](O)[C@@H]3C(=O)OC)Cc3[nH]c(c(C)c3CC)Cc3[nH]c(c(C)c3CC)/C=C(\N2)[C@H]1C. The summed E-state index contributed by atoms with van der Waals surface area (Å²) in [6, 6.07) is 0. The van der Waals surface area contributed by atoms with Crippen LogP contribution in [0, 0.1) is 38.5 Å². The Morgan fingerprint density at radius 3 is 2.26 bits per heavy atom. The molecule has 5 heterocycles. The van der Waals surface area contributed by atoms with E-state index in [4.69, 9.17) is 9.47 Å². The largest absolute Gasteiger partial charge is 0.468 e. The number of carbonyl (C=O) groups is 2. The molecule has 0 saturated carbocycles. The number of rotatable bonds is 9. The lowest BCUT2D eigenvalue weighted by molar-refractivity contribution is -0.146. The summed E-state index contributed by atoms with van der Waals surface area (Å²) in [5.41, 5.74) is 17.0. The van der Waals surface area contributed by atoms with Crippen LogP contribution in [0.3, 0.4) is 0 Å². The Balaban J connectivity index is 1.54. The molecule has 1 saturated heterocycles. The van der Waals surface area contributed by atoms with Gasteiger partial charge in [0.1, 0.15) is 12.5 Å². The number of aliphatic hydroxyl groups excluding tert-OH is 1. The molecule has 3 aliphatic rings. The number of methoxy groups -OCH3 is 1. The number of aliphatic hydroxyl groups is 1. The van der Waals surface area contributed by atoms with Crippen molar-refractivity contribution in [2.75, 3.05) is 13.7 Å². The normalized spacial score (nSPS) is 23.9. The molecular formula is C41H54N4O5. The highest BCUT2D eigenvalue weighted by atomic mass is 16.5. The summed E-state index contributed by atoms with van der Waals surface area (Å²) in [6.45, 7) is 17.4.